The molecule has 2 amide bonds. The van der Waals surface area contributed by atoms with Crippen LogP contribution in [0, 0.1) is 0 Å². The zero-order chi connectivity index (χ0) is 19.1. The number of carbonyl (C=O) groups excluding carboxylic acids is 1. The van der Waals surface area contributed by atoms with E-state index in [-0.39, 0.29) is 12.1 Å². The lowest BCUT2D eigenvalue weighted by Crippen LogP contribution is -2.36. The number of amides is 2. The number of nitrogens with zero attached hydrogens (tertiary/aromatic N) is 3. The van der Waals surface area contributed by atoms with Crippen molar-refractivity contribution < 1.29 is 4.79 Å². The highest BCUT2D eigenvalue weighted by molar-refractivity contribution is 5.89. The van der Waals surface area contributed by atoms with Crippen LogP contribution in [0.3, 0.4) is 0 Å². The van der Waals surface area contributed by atoms with E-state index in [1.807, 2.05) is 73.5 Å². The van der Waals surface area contributed by atoms with E-state index < -0.39 is 0 Å². The van der Waals surface area contributed by atoms with Gasteiger partial charge in [-0.1, -0.05) is 42.5 Å². The van der Waals surface area contributed by atoms with E-state index in [0.29, 0.717) is 13.1 Å². The molecule has 0 bridgehead atoms. The molecule has 27 heavy (non-hydrogen) atoms. The lowest BCUT2D eigenvalue weighted by atomic mass is 10.1. The summed E-state index contributed by atoms with van der Waals surface area (Å²) in [5.41, 5.74) is 3.06. The van der Waals surface area contributed by atoms with Gasteiger partial charge in [-0.15, -0.1) is 0 Å². The van der Waals surface area contributed by atoms with Gasteiger partial charge in [-0.05, 0) is 43.4 Å². The quantitative estimate of drug-likeness (QED) is 0.677. The van der Waals surface area contributed by atoms with Gasteiger partial charge >= 0.3 is 6.03 Å². The molecule has 2 N–H and O–H groups in total. The van der Waals surface area contributed by atoms with Crippen LogP contribution in [0.1, 0.15) is 17.2 Å². The van der Waals surface area contributed by atoms with Gasteiger partial charge in [0.1, 0.15) is 0 Å². The number of rotatable bonds is 7. The van der Waals surface area contributed by atoms with Crippen LogP contribution >= 0.6 is 0 Å². The molecule has 2 aromatic carbocycles. The lowest BCUT2D eigenvalue weighted by molar-refractivity contribution is 0.243. The van der Waals surface area contributed by atoms with Crippen molar-refractivity contribution >= 4 is 11.7 Å². The SMILES string of the molecule is CN(C)C(CNC(=O)Nc1ccc(Cn2cccn2)cc1)c1ccccc1. The van der Waals surface area contributed by atoms with Crippen molar-refractivity contribution in [1.82, 2.24) is 20.0 Å². The number of hydrogen-bond donors (Lipinski definition) is 2. The van der Waals surface area contributed by atoms with Crippen LogP contribution in [-0.4, -0.2) is 41.4 Å². The van der Waals surface area contributed by atoms with E-state index in [1.54, 1.807) is 6.20 Å². The van der Waals surface area contributed by atoms with Gasteiger partial charge in [0.05, 0.1) is 12.6 Å². The highest BCUT2D eigenvalue weighted by atomic mass is 16.2. The maximum Gasteiger partial charge on any atom is 0.319 e. The molecule has 0 saturated carbocycles. The smallest absolute Gasteiger partial charge is 0.319 e. The van der Waals surface area contributed by atoms with Crippen LogP contribution < -0.4 is 10.6 Å². The third-order valence-electron chi connectivity index (χ3n) is 4.38. The summed E-state index contributed by atoms with van der Waals surface area (Å²) in [6.07, 6.45) is 3.68. The molecular formula is C21H25N5O. The summed E-state index contributed by atoms with van der Waals surface area (Å²) in [7, 11) is 4.02. The first-order chi connectivity index (χ1) is 13.1. The number of anilines is 1. The highest BCUT2D eigenvalue weighted by Crippen LogP contribution is 2.17. The fourth-order valence-corrected chi connectivity index (χ4v) is 2.91. The average Bonchev–Trinajstić information content (AvgIpc) is 3.17. The first kappa shape index (κ1) is 18.7. The first-order valence-corrected chi connectivity index (χ1v) is 8.94. The Labute approximate surface area is 159 Å². The van der Waals surface area contributed by atoms with E-state index in [4.69, 9.17) is 0 Å². The third kappa shape index (κ3) is 5.43. The molecule has 0 spiro atoms. The largest absolute Gasteiger partial charge is 0.336 e. The molecule has 6 heteroatoms. The van der Waals surface area contributed by atoms with Crippen LogP contribution in [0.25, 0.3) is 0 Å². The van der Waals surface area contributed by atoms with E-state index in [1.165, 1.54) is 5.56 Å². The molecular weight excluding hydrogens is 338 g/mol. The van der Waals surface area contributed by atoms with E-state index in [2.05, 4.69) is 32.8 Å². The van der Waals surface area contributed by atoms with Crippen molar-refractivity contribution in [2.75, 3.05) is 26.0 Å². The monoisotopic (exact) mass is 363 g/mol. The molecule has 1 unspecified atom stereocenters. The van der Waals surface area contributed by atoms with Gasteiger partial charge in [-0.2, -0.15) is 5.10 Å². The molecule has 1 aromatic heterocycles. The van der Waals surface area contributed by atoms with Gasteiger partial charge in [-0.25, -0.2) is 4.79 Å². The fraction of sp³-hybridized carbons (Fsp3) is 0.238. The maximum atomic E-state index is 12.3. The molecule has 0 radical (unpaired) electrons. The minimum absolute atomic E-state index is 0.119. The van der Waals surface area contributed by atoms with Crippen molar-refractivity contribution in [1.29, 1.82) is 0 Å². The molecule has 6 nitrogen and oxygen atoms in total. The minimum atomic E-state index is -0.211. The third-order valence-corrected chi connectivity index (χ3v) is 4.38. The highest BCUT2D eigenvalue weighted by Gasteiger charge is 2.14. The normalized spacial score (nSPS) is 12.0. The topological polar surface area (TPSA) is 62.2 Å². The molecule has 1 atom stereocenters. The van der Waals surface area contributed by atoms with E-state index in [0.717, 1.165) is 11.3 Å². The number of hydrogen-bond acceptors (Lipinski definition) is 3. The molecule has 0 aliphatic rings. The molecule has 3 rings (SSSR count). The zero-order valence-electron chi connectivity index (χ0n) is 15.7. The van der Waals surface area contributed by atoms with Crippen molar-refractivity contribution in [3.8, 4) is 0 Å². The number of benzene rings is 2. The minimum Gasteiger partial charge on any atom is -0.336 e. The van der Waals surface area contributed by atoms with Crippen molar-refractivity contribution in [2.24, 2.45) is 0 Å². The fourth-order valence-electron chi connectivity index (χ4n) is 2.91. The Kier molecular flexibility index (Phi) is 6.22. The summed E-state index contributed by atoms with van der Waals surface area (Å²) in [5.74, 6) is 0. The van der Waals surface area contributed by atoms with Crippen molar-refractivity contribution in [3.05, 3.63) is 84.2 Å². The predicted molar refractivity (Wildman–Crippen MR) is 108 cm³/mol. The summed E-state index contributed by atoms with van der Waals surface area (Å²) < 4.78 is 1.86. The lowest BCUT2D eigenvalue weighted by Gasteiger charge is -2.25. The van der Waals surface area contributed by atoms with Crippen molar-refractivity contribution in [3.63, 3.8) is 0 Å². The summed E-state index contributed by atoms with van der Waals surface area (Å²) in [6.45, 7) is 1.24. The number of aromatic nitrogens is 2. The van der Waals surface area contributed by atoms with Crippen LogP contribution in [-0.2, 0) is 6.54 Å². The molecule has 3 aromatic rings. The average molecular weight is 363 g/mol. The maximum absolute atomic E-state index is 12.3. The van der Waals surface area contributed by atoms with Crippen LogP contribution in [0.2, 0.25) is 0 Å². The number of nitrogens with one attached hydrogen (secondary N) is 2. The Morgan fingerprint density at radius 2 is 1.81 bits per heavy atom. The van der Waals surface area contributed by atoms with Gasteiger partial charge < -0.3 is 15.5 Å². The van der Waals surface area contributed by atoms with Gasteiger partial charge in [0.25, 0.3) is 0 Å². The molecule has 0 aliphatic heterocycles. The van der Waals surface area contributed by atoms with Gasteiger partial charge in [0.15, 0.2) is 0 Å². The molecule has 0 saturated heterocycles. The molecule has 1 heterocycles. The van der Waals surface area contributed by atoms with Gasteiger partial charge in [-0.3, -0.25) is 4.68 Å². The van der Waals surface area contributed by atoms with Crippen LogP contribution in [0.5, 0.6) is 0 Å². The second-order valence-corrected chi connectivity index (χ2v) is 6.63. The van der Waals surface area contributed by atoms with Crippen LogP contribution in [0.4, 0.5) is 10.5 Å². The van der Waals surface area contributed by atoms with Crippen LogP contribution in [0.15, 0.2) is 73.1 Å². The Morgan fingerprint density at radius 1 is 1.07 bits per heavy atom. The number of likely N-dealkylation sites (N-methyl/N-ethyl adjacent to an activating group) is 1. The Bertz CT molecular complexity index is 829. The Balaban J connectivity index is 1.52. The number of urea groups is 1. The standard InChI is InChI=1S/C21H25N5O/c1-25(2)20(18-7-4-3-5-8-18)15-22-21(27)24-19-11-9-17(10-12-19)16-26-14-6-13-23-26/h3-14,20H,15-16H2,1-2H3,(H2,22,24,27). The summed E-state index contributed by atoms with van der Waals surface area (Å²) in [5, 5.41) is 10.0. The summed E-state index contributed by atoms with van der Waals surface area (Å²) in [6, 6.07) is 19.7. The number of carbonyl (C=O) groups is 1. The second kappa shape index (κ2) is 9.00. The van der Waals surface area contributed by atoms with Gasteiger partial charge in [0.2, 0.25) is 0 Å². The van der Waals surface area contributed by atoms with Gasteiger partial charge in [0, 0.05) is 24.6 Å². The predicted octanol–water partition coefficient (Wildman–Crippen LogP) is 3.36. The van der Waals surface area contributed by atoms with E-state index in [9.17, 15) is 4.79 Å². The molecule has 140 valence electrons. The van der Waals surface area contributed by atoms with E-state index >= 15 is 0 Å². The Morgan fingerprint density at radius 3 is 2.44 bits per heavy atom. The second-order valence-electron chi connectivity index (χ2n) is 6.63. The summed E-state index contributed by atoms with van der Waals surface area (Å²) in [4.78, 5) is 14.4. The molecule has 0 aliphatic carbocycles. The summed E-state index contributed by atoms with van der Waals surface area (Å²) >= 11 is 0. The van der Waals surface area contributed by atoms with Crippen molar-refractivity contribution in [2.45, 2.75) is 12.6 Å². The Hall–Kier alpha value is -3.12. The zero-order valence-corrected chi connectivity index (χ0v) is 15.7. The first-order valence-electron chi connectivity index (χ1n) is 8.94. The molecule has 0 fully saturated rings.